The average molecular weight is 307 g/mol. The van der Waals surface area contributed by atoms with Crippen LogP contribution in [0.1, 0.15) is 18.4 Å². The van der Waals surface area contributed by atoms with Crippen molar-refractivity contribution < 1.29 is 14.3 Å². The fourth-order valence-electron chi connectivity index (χ4n) is 2.45. The van der Waals surface area contributed by atoms with E-state index in [1.54, 1.807) is 11.8 Å². The first-order valence-corrected chi connectivity index (χ1v) is 8.33. The largest absolute Gasteiger partial charge is 0.469 e. The molecular formula is C16H21NO3S. The zero-order chi connectivity index (χ0) is 15.1. The fraction of sp³-hybridized carbons (Fsp3) is 0.500. The number of ether oxygens (including phenoxy) is 1. The number of carbonyl (C=O) groups is 2. The van der Waals surface area contributed by atoms with Crippen LogP contribution in [0.15, 0.2) is 30.3 Å². The lowest BCUT2D eigenvalue weighted by Gasteiger charge is -2.30. The van der Waals surface area contributed by atoms with Gasteiger partial charge in [-0.15, -0.1) is 11.8 Å². The summed E-state index contributed by atoms with van der Waals surface area (Å²) in [7, 11) is 1.42. The Balaban J connectivity index is 1.69. The van der Waals surface area contributed by atoms with Gasteiger partial charge in [-0.1, -0.05) is 30.3 Å². The van der Waals surface area contributed by atoms with Crippen LogP contribution in [0.25, 0.3) is 0 Å². The van der Waals surface area contributed by atoms with Crippen LogP contribution in [0.3, 0.4) is 0 Å². The molecule has 1 aromatic carbocycles. The average Bonchev–Trinajstić information content (AvgIpc) is 2.55. The molecule has 1 amide bonds. The van der Waals surface area contributed by atoms with Crippen LogP contribution in [0.2, 0.25) is 0 Å². The molecule has 21 heavy (non-hydrogen) atoms. The van der Waals surface area contributed by atoms with E-state index in [4.69, 9.17) is 4.74 Å². The molecule has 0 spiro atoms. The van der Waals surface area contributed by atoms with Crippen molar-refractivity contribution in [2.75, 3.05) is 26.0 Å². The van der Waals surface area contributed by atoms with E-state index in [1.165, 1.54) is 12.7 Å². The second kappa shape index (κ2) is 8.08. The number of likely N-dealkylation sites (tertiary alicyclic amines) is 1. The van der Waals surface area contributed by atoms with Gasteiger partial charge in [0.05, 0.1) is 18.8 Å². The van der Waals surface area contributed by atoms with Crippen LogP contribution in [-0.2, 0) is 20.1 Å². The molecule has 0 atom stereocenters. The lowest BCUT2D eigenvalue weighted by molar-refractivity contribution is -0.148. The second-order valence-corrected chi connectivity index (χ2v) is 6.14. The molecule has 2 rings (SSSR count). The molecule has 0 aromatic heterocycles. The number of thioether (sulfide) groups is 1. The highest BCUT2D eigenvalue weighted by Gasteiger charge is 2.27. The third kappa shape index (κ3) is 4.77. The summed E-state index contributed by atoms with van der Waals surface area (Å²) in [5.41, 5.74) is 1.24. The lowest BCUT2D eigenvalue weighted by atomic mass is 9.97. The molecule has 0 unspecified atom stereocenters. The maximum atomic E-state index is 12.1. The molecule has 0 N–H and O–H groups in total. The van der Waals surface area contributed by atoms with E-state index in [2.05, 4.69) is 12.1 Å². The minimum atomic E-state index is -0.152. The quantitative estimate of drug-likeness (QED) is 0.783. The zero-order valence-electron chi connectivity index (χ0n) is 12.3. The van der Waals surface area contributed by atoms with Gasteiger partial charge < -0.3 is 9.64 Å². The van der Waals surface area contributed by atoms with Gasteiger partial charge in [-0.05, 0) is 18.4 Å². The van der Waals surface area contributed by atoms with E-state index < -0.39 is 0 Å². The van der Waals surface area contributed by atoms with Gasteiger partial charge in [-0.25, -0.2) is 0 Å². The minimum Gasteiger partial charge on any atom is -0.469 e. The van der Waals surface area contributed by atoms with Crippen LogP contribution in [-0.4, -0.2) is 42.7 Å². The number of nitrogens with zero attached hydrogens (tertiary/aromatic N) is 1. The first kappa shape index (κ1) is 15.9. The highest BCUT2D eigenvalue weighted by Crippen LogP contribution is 2.20. The molecule has 0 radical (unpaired) electrons. The predicted molar refractivity (Wildman–Crippen MR) is 83.9 cm³/mol. The highest BCUT2D eigenvalue weighted by atomic mass is 32.2. The standard InChI is InChI=1S/C16H21NO3S/c1-20-16(19)14-7-9-17(10-8-14)15(18)12-21-11-13-5-3-2-4-6-13/h2-6,14H,7-12H2,1H3. The van der Waals surface area contributed by atoms with Crippen molar-refractivity contribution in [3.8, 4) is 0 Å². The Labute approximate surface area is 129 Å². The number of amides is 1. The number of esters is 1. The molecule has 1 heterocycles. The molecular weight excluding hydrogens is 286 g/mol. The Morgan fingerprint density at radius 2 is 1.90 bits per heavy atom. The van der Waals surface area contributed by atoms with Crippen LogP contribution in [0.4, 0.5) is 0 Å². The molecule has 0 aliphatic carbocycles. The van der Waals surface area contributed by atoms with E-state index in [1.807, 2.05) is 23.1 Å². The number of rotatable bonds is 5. The minimum absolute atomic E-state index is 0.0454. The van der Waals surface area contributed by atoms with Crippen molar-refractivity contribution in [1.29, 1.82) is 0 Å². The number of carbonyl (C=O) groups excluding carboxylic acids is 2. The molecule has 0 saturated carbocycles. The van der Waals surface area contributed by atoms with Crippen LogP contribution in [0.5, 0.6) is 0 Å². The number of benzene rings is 1. The Kier molecular flexibility index (Phi) is 6.11. The zero-order valence-corrected chi connectivity index (χ0v) is 13.1. The maximum absolute atomic E-state index is 12.1. The summed E-state index contributed by atoms with van der Waals surface area (Å²) in [6, 6.07) is 10.1. The van der Waals surface area contributed by atoms with Gasteiger partial charge in [0.25, 0.3) is 0 Å². The molecule has 4 nitrogen and oxygen atoms in total. The molecule has 1 aliphatic rings. The monoisotopic (exact) mass is 307 g/mol. The van der Waals surface area contributed by atoms with E-state index in [0.29, 0.717) is 31.7 Å². The maximum Gasteiger partial charge on any atom is 0.308 e. The third-order valence-corrected chi connectivity index (χ3v) is 4.71. The molecule has 5 heteroatoms. The summed E-state index contributed by atoms with van der Waals surface area (Å²) in [5.74, 6) is 1.32. The van der Waals surface area contributed by atoms with Gasteiger partial charge in [-0.3, -0.25) is 9.59 Å². The first-order chi connectivity index (χ1) is 10.2. The summed E-state index contributed by atoms with van der Waals surface area (Å²) >= 11 is 1.64. The number of piperidine rings is 1. The Bertz CT molecular complexity index is 470. The van der Waals surface area contributed by atoms with Crippen molar-refractivity contribution in [1.82, 2.24) is 4.90 Å². The van der Waals surface area contributed by atoms with Crippen molar-refractivity contribution in [2.45, 2.75) is 18.6 Å². The Morgan fingerprint density at radius 1 is 1.24 bits per heavy atom. The normalized spacial score (nSPS) is 15.8. The first-order valence-electron chi connectivity index (χ1n) is 7.18. The van der Waals surface area contributed by atoms with Gasteiger partial charge in [0, 0.05) is 18.8 Å². The van der Waals surface area contributed by atoms with Crippen molar-refractivity contribution in [3.63, 3.8) is 0 Å². The van der Waals surface area contributed by atoms with E-state index in [9.17, 15) is 9.59 Å². The van der Waals surface area contributed by atoms with Crippen LogP contribution < -0.4 is 0 Å². The predicted octanol–water partition coefficient (Wildman–Crippen LogP) is 2.33. The molecule has 1 fully saturated rings. The molecule has 1 saturated heterocycles. The number of hydrogen-bond donors (Lipinski definition) is 0. The van der Waals surface area contributed by atoms with Crippen molar-refractivity contribution in [3.05, 3.63) is 35.9 Å². The second-order valence-electron chi connectivity index (χ2n) is 5.16. The smallest absolute Gasteiger partial charge is 0.308 e. The highest BCUT2D eigenvalue weighted by molar-refractivity contribution is 7.99. The molecule has 1 aliphatic heterocycles. The summed E-state index contributed by atoms with van der Waals surface area (Å²) in [6.07, 6.45) is 1.42. The Hall–Kier alpha value is -1.49. The van der Waals surface area contributed by atoms with E-state index >= 15 is 0 Å². The van der Waals surface area contributed by atoms with Crippen LogP contribution in [0, 0.1) is 5.92 Å². The third-order valence-electron chi connectivity index (χ3n) is 3.72. The van der Waals surface area contributed by atoms with Gasteiger partial charge in [0.2, 0.25) is 5.91 Å². The molecule has 114 valence electrons. The van der Waals surface area contributed by atoms with E-state index in [-0.39, 0.29) is 17.8 Å². The summed E-state index contributed by atoms with van der Waals surface area (Å²) in [6.45, 7) is 1.31. The number of methoxy groups -OCH3 is 1. The topological polar surface area (TPSA) is 46.6 Å². The number of hydrogen-bond acceptors (Lipinski definition) is 4. The van der Waals surface area contributed by atoms with Gasteiger partial charge in [0.1, 0.15) is 0 Å². The van der Waals surface area contributed by atoms with Crippen molar-refractivity contribution >= 4 is 23.6 Å². The van der Waals surface area contributed by atoms with E-state index in [0.717, 1.165) is 5.75 Å². The van der Waals surface area contributed by atoms with Gasteiger partial charge in [-0.2, -0.15) is 0 Å². The summed E-state index contributed by atoms with van der Waals surface area (Å²) < 4.78 is 4.75. The SMILES string of the molecule is COC(=O)C1CCN(C(=O)CSCc2ccccc2)CC1. The van der Waals surface area contributed by atoms with Crippen LogP contribution >= 0.6 is 11.8 Å². The summed E-state index contributed by atoms with van der Waals surface area (Å²) in [5, 5.41) is 0. The van der Waals surface area contributed by atoms with Gasteiger partial charge >= 0.3 is 5.97 Å². The molecule has 0 bridgehead atoms. The molecule has 1 aromatic rings. The lowest BCUT2D eigenvalue weighted by Crippen LogP contribution is -2.41. The van der Waals surface area contributed by atoms with Crippen molar-refractivity contribution in [2.24, 2.45) is 5.92 Å². The summed E-state index contributed by atoms with van der Waals surface area (Å²) in [4.78, 5) is 25.4. The fourth-order valence-corrected chi connectivity index (χ4v) is 3.34. The Morgan fingerprint density at radius 3 is 2.52 bits per heavy atom. The van der Waals surface area contributed by atoms with Gasteiger partial charge in [0.15, 0.2) is 0 Å².